The van der Waals surface area contributed by atoms with Gasteiger partial charge in [-0.3, -0.25) is 4.79 Å². The van der Waals surface area contributed by atoms with E-state index in [-0.39, 0.29) is 5.41 Å². The fourth-order valence-electron chi connectivity index (χ4n) is 5.26. The van der Waals surface area contributed by atoms with Gasteiger partial charge in [-0.05, 0) is 61.8 Å². The van der Waals surface area contributed by atoms with Gasteiger partial charge in [0.05, 0.1) is 5.41 Å². The molecule has 1 aromatic carbocycles. The standard InChI is InChI=1S/C21H29ClN2O/c22-18-6-4-17(5-7-18)21(8-2-1-3-9-21)19(25)24-14-11-20(12-15-24)10-13-23-16-20/h4-7,23H,1-3,8-16H2. The van der Waals surface area contributed by atoms with Gasteiger partial charge in [-0.25, -0.2) is 0 Å². The van der Waals surface area contributed by atoms with E-state index in [4.69, 9.17) is 11.6 Å². The van der Waals surface area contributed by atoms with Gasteiger partial charge in [0.25, 0.3) is 0 Å². The molecular weight excluding hydrogens is 332 g/mol. The largest absolute Gasteiger partial charge is 0.342 e. The number of amides is 1. The van der Waals surface area contributed by atoms with E-state index in [1.165, 1.54) is 18.4 Å². The first-order chi connectivity index (χ1) is 12.1. The SMILES string of the molecule is O=C(N1CCC2(CCNC2)CC1)C1(c2ccc(Cl)cc2)CCCCC1. The first-order valence-electron chi connectivity index (χ1n) is 9.90. The third-order valence-corrected chi connectivity index (χ3v) is 7.21. The molecule has 2 heterocycles. The maximum absolute atomic E-state index is 13.6. The molecule has 2 saturated heterocycles. The molecule has 136 valence electrons. The maximum atomic E-state index is 13.6. The van der Waals surface area contributed by atoms with Gasteiger partial charge in [-0.1, -0.05) is 43.0 Å². The van der Waals surface area contributed by atoms with Crippen LogP contribution in [0.2, 0.25) is 5.02 Å². The van der Waals surface area contributed by atoms with E-state index in [2.05, 4.69) is 22.3 Å². The zero-order chi connectivity index (χ0) is 17.3. The number of carbonyl (C=O) groups excluding carboxylic acids is 1. The number of nitrogens with one attached hydrogen (secondary N) is 1. The summed E-state index contributed by atoms with van der Waals surface area (Å²) >= 11 is 6.09. The number of rotatable bonds is 2. The smallest absolute Gasteiger partial charge is 0.233 e. The van der Waals surface area contributed by atoms with E-state index in [1.807, 2.05) is 12.1 Å². The van der Waals surface area contributed by atoms with Crippen molar-refractivity contribution in [2.75, 3.05) is 26.2 Å². The van der Waals surface area contributed by atoms with Crippen molar-refractivity contribution in [2.24, 2.45) is 5.41 Å². The lowest BCUT2D eigenvalue weighted by atomic mass is 9.68. The van der Waals surface area contributed by atoms with Crippen LogP contribution in [0.15, 0.2) is 24.3 Å². The number of halogens is 1. The summed E-state index contributed by atoms with van der Waals surface area (Å²) in [7, 11) is 0. The highest BCUT2D eigenvalue weighted by Crippen LogP contribution is 2.43. The van der Waals surface area contributed by atoms with Crippen molar-refractivity contribution in [3.63, 3.8) is 0 Å². The van der Waals surface area contributed by atoms with E-state index in [9.17, 15) is 4.79 Å². The Kier molecular flexibility index (Phi) is 4.81. The van der Waals surface area contributed by atoms with Gasteiger partial charge in [-0.15, -0.1) is 0 Å². The molecule has 1 saturated carbocycles. The van der Waals surface area contributed by atoms with Crippen molar-refractivity contribution in [1.82, 2.24) is 10.2 Å². The lowest BCUT2D eigenvalue weighted by Crippen LogP contribution is -2.52. The summed E-state index contributed by atoms with van der Waals surface area (Å²) in [6, 6.07) is 8.04. The minimum atomic E-state index is -0.318. The second-order valence-corrected chi connectivity index (χ2v) is 8.81. The zero-order valence-corrected chi connectivity index (χ0v) is 15.8. The van der Waals surface area contributed by atoms with Gasteiger partial charge in [0.1, 0.15) is 0 Å². The summed E-state index contributed by atoms with van der Waals surface area (Å²) in [4.78, 5) is 15.8. The van der Waals surface area contributed by atoms with Gasteiger partial charge in [-0.2, -0.15) is 0 Å². The summed E-state index contributed by atoms with van der Waals surface area (Å²) < 4.78 is 0. The molecule has 0 unspecified atom stereocenters. The number of hydrogen-bond acceptors (Lipinski definition) is 2. The number of carbonyl (C=O) groups is 1. The van der Waals surface area contributed by atoms with Gasteiger partial charge in [0.2, 0.25) is 5.91 Å². The Morgan fingerprint density at radius 2 is 1.64 bits per heavy atom. The molecule has 1 aromatic rings. The van der Waals surface area contributed by atoms with Crippen LogP contribution in [0.4, 0.5) is 0 Å². The lowest BCUT2D eigenvalue weighted by Gasteiger charge is -2.45. The average Bonchev–Trinajstić information content (AvgIpc) is 3.11. The summed E-state index contributed by atoms with van der Waals surface area (Å²) in [5.41, 5.74) is 1.31. The van der Waals surface area contributed by atoms with Crippen LogP contribution >= 0.6 is 11.6 Å². The number of nitrogens with zero attached hydrogens (tertiary/aromatic N) is 1. The monoisotopic (exact) mass is 360 g/mol. The van der Waals surface area contributed by atoms with E-state index < -0.39 is 0 Å². The number of likely N-dealkylation sites (tertiary alicyclic amines) is 1. The van der Waals surface area contributed by atoms with Crippen LogP contribution in [0.1, 0.15) is 56.9 Å². The number of benzene rings is 1. The predicted octanol–water partition coefficient (Wildman–Crippen LogP) is 4.14. The average molecular weight is 361 g/mol. The van der Waals surface area contributed by atoms with Crippen molar-refractivity contribution in [3.8, 4) is 0 Å². The Morgan fingerprint density at radius 3 is 2.24 bits per heavy atom. The molecule has 25 heavy (non-hydrogen) atoms. The molecule has 1 aliphatic carbocycles. The molecule has 3 aliphatic rings. The van der Waals surface area contributed by atoms with Gasteiger partial charge in [0, 0.05) is 24.7 Å². The molecule has 0 aromatic heterocycles. The molecule has 1 spiro atoms. The van der Waals surface area contributed by atoms with E-state index >= 15 is 0 Å². The zero-order valence-electron chi connectivity index (χ0n) is 15.0. The molecule has 0 radical (unpaired) electrons. The fourth-order valence-corrected chi connectivity index (χ4v) is 5.39. The van der Waals surface area contributed by atoms with Crippen LogP contribution in [0.5, 0.6) is 0 Å². The molecule has 0 bridgehead atoms. The molecule has 3 nitrogen and oxygen atoms in total. The minimum Gasteiger partial charge on any atom is -0.342 e. The van der Waals surface area contributed by atoms with Crippen molar-refractivity contribution < 1.29 is 4.79 Å². The highest BCUT2D eigenvalue weighted by Gasteiger charge is 2.46. The molecule has 2 aliphatic heterocycles. The van der Waals surface area contributed by atoms with Crippen molar-refractivity contribution in [2.45, 2.75) is 56.8 Å². The van der Waals surface area contributed by atoms with E-state index in [0.29, 0.717) is 11.3 Å². The molecule has 4 heteroatoms. The van der Waals surface area contributed by atoms with Crippen molar-refractivity contribution in [1.29, 1.82) is 0 Å². The van der Waals surface area contributed by atoms with Crippen LogP contribution in [0.25, 0.3) is 0 Å². The first kappa shape index (κ1) is 17.4. The molecular formula is C21H29ClN2O. The predicted molar refractivity (Wildman–Crippen MR) is 102 cm³/mol. The molecule has 1 amide bonds. The van der Waals surface area contributed by atoms with E-state index in [0.717, 1.165) is 69.7 Å². The highest BCUT2D eigenvalue weighted by molar-refractivity contribution is 6.30. The normalized spacial score (nSPS) is 25.2. The van der Waals surface area contributed by atoms with Crippen LogP contribution in [-0.4, -0.2) is 37.0 Å². The topological polar surface area (TPSA) is 32.3 Å². The van der Waals surface area contributed by atoms with Crippen LogP contribution in [0, 0.1) is 5.41 Å². The van der Waals surface area contributed by atoms with Crippen LogP contribution in [-0.2, 0) is 10.2 Å². The fraction of sp³-hybridized carbons (Fsp3) is 0.667. The summed E-state index contributed by atoms with van der Waals surface area (Å²) in [5.74, 6) is 0.371. The Balaban J connectivity index is 1.55. The maximum Gasteiger partial charge on any atom is 0.233 e. The minimum absolute atomic E-state index is 0.318. The molecule has 3 fully saturated rings. The Morgan fingerprint density at radius 1 is 0.960 bits per heavy atom. The van der Waals surface area contributed by atoms with Crippen LogP contribution < -0.4 is 5.32 Å². The lowest BCUT2D eigenvalue weighted by molar-refractivity contribution is -0.141. The second kappa shape index (κ2) is 6.92. The Hall–Kier alpha value is -1.06. The van der Waals surface area contributed by atoms with Crippen molar-refractivity contribution in [3.05, 3.63) is 34.9 Å². The van der Waals surface area contributed by atoms with Gasteiger partial charge >= 0.3 is 0 Å². The Labute approximate surface area is 156 Å². The molecule has 0 atom stereocenters. The molecule has 4 rings (SSSR count). The van der Waals surface area contributed by atoms with Gasteiger partial charge in [0.15, 0.2) is 0 Å². The Bertz CT molecular complexity index is 605. The third kappa shape index (κ3) is 3.21. The van der Waals surface area contributed by atoms with Gasteiger partial charge < -0.3 is 10.2 Å². The molecule has 1 N–H and O–H groups in total. The first-order valence-corrected chi connectivity index (χ1v) is 10.3. The van der Waals surface area contributed by atoms with E-state index in [1.54, 1.807) is 0 Å². The van der Waals surface area contributed by atoms with Crippen molar-refractivity contribution >= 4 is 17.5 Å². The quantitative estimate of drug-likeness (QED) is 0.859. The highest BCUT2D eigenvalue weighted by atomic mass is 35.5. The summed E-state index contributed by atoms with van der Waals surface area (Å²) in [6.07, 6.45) is 9.10. The number of piperidine rings is 1. The second-order valence-electron chi connectivity index (χ2n) is 8.37. The summed E-state index contributed by atoms with van der Waals surface area (Å²) in [6.45, 7) is 4.13. The van der Waals surface area contributed by atoms with Crippen LogP contribution in [0.3, 0.4) is 0 Å². The number of hydrogen-bond donors (Lipinski definition) is 1. The third-order valence-electron chi connectivity index (χ3n) is 6.96. The summed E-state index contributed by atoms with van der Waals surface area (Å²) in [5, 5.41) is 4.26.